The second-order valence-electron chi connectivity index (χ2n) is 7.37. The fourth-order valence-corrected chi connectivity index (χ4v) is 3.94. The fraction of sp³-hybridized carbons (Fsp3) is 0.154. The summed E-state index contributed by atoms with van der Waals surface area (Å²) >= 11 is 4.81. The highest BCUT2D eigenvalue weighted by molar-refractivity contribution is 7.80. The summed E-state index contributed by atoms with van der Waals surface area (Å²) in [6.45, 7) is 0.725. The summed E-state index contributed by atoms with van der Waals surface area (Å²) in [5, 5.41) is 5.86. The molecule has 0 saturated heterocycles. The molecule has 0 atom stereocenters. The van der Waals surface area contributed by atoms with Gasteiger partial charge in [0.05, 0.1) is 0 Å². The van der Waals surface area contributed by atoms with E-state index in [-0.39, 0.29) is 11.0 Å². The SMILES string of the molecule is NC(=S)Nc1ccc(C#CCCNC(=O)OCC2c3ccccc3-c3ccccc32)cc1. The maximum Gasteiger partial charge on any atom is 0.407 e. The molecule has 0 heterocycles. The lowest BCUT2D eigenvalue weighted by atomic mass is 9.98. The molecule has 32 heavy (non-hydrogen) atoms. The molecule has 160 valence electrons. The van der Waals surface area contributed by atoms with Gasteiger partial charge in [0, 0.05) is 30.1 Å². The Morgan fingerprint density at radius 2 is 1.59 bits per heavy atom. The predicted molar refractivity (Wildman–Crippen MR) is 131 cm³/mol. The number of rotatable bonds is 5. The highest BCUT2D eigenvalue weighted by atomic mass is 32.1. The summed E-state index contributed by atoms with van der Waals surface area (Å²) in [5.41, 5.74) is 12.0. The van der Waals surface area contributed by atoms with Gasteiger partial charge in [0.15, 0.2) is 5.11 Å². The summed E-state index contributed by atoms with van der Waals surface area (Å²) in [6.07, 6.45) is 0.0960. The summed E-state index contributed by atoms with van der Waals surface area (Å²) in [5.74, 6) is 6.17. The molecule has 0 saturated carbocycles. The summed E-state index contributed by atoms with van der Waals surface area (Å²) in [4.78, 5) is 12.2. The van der Waals surface area contributed by atoms with E-state index >= 15 is 0 Å². The first-order valence-corrected chi connectivity index (χ1v) is 10.8. The third-order valence-electron chi connectivity index (χ3n) is 5.25. The minimum Gasteiger partial charge on any atom is -0.449 e. The molecule has 3 aromatic carbocycles. The molecule has 3 aromatic rings. The van der Waals surface area contributed by atoms with Crippen molar-refractivity contribution >= 4 is 29.1 Å². The Bertz CT molecular complexity index is 1150. The molecule has 1 aliphatic carbocycles. The normalized spacial score (nSPS) is 11.5. The average Bonchev–Trinajstić information content (AvgIpc) is 3.12. The van der Waals surface area contributed by atoms with E-state index in [2.05, 4.69) is 46.7 Å². The van der Waals surface area contributed by atoms with Crippen LogP contribution in [0.1, 0.15) is 29.0 Å². The van der Waals surface area contributed by atoms with Crippen molar-refractivity contribution in [3.63, 3.8) is 0 Å². The van der Waals surface area contributed by atoms with Crippen LogP contribution in [0.2, 0.25) is 0 Å². The van der Waals surface area contributed by atoms with Crippen molar-refractivity contribution in [1.29, 1.82) is 0 Å². The molecule has 0 unspecified atom stereocenters. The molecule has 4 rings (SSSR count). The van der Waals surface area contributed by atoms with Crippen LogP contribution in [-0.4, -0.2) is 24.4 Å². The van der Waals surface area contributed by atoms with Gasteiger partial charge in [0.25, 0.3) is 0 Å². The van der Waals surface area contributed by atoms with Crippen LogP contribution >= 0.6 is 12.2 Å². The van der Waals surface area contributed by atoms with Gasteiger partial charge in [-0.2, -0.15) is 0 Å². The van der Waals surface area contributed by atoms with Crippen molar-refractivity contribution in [2.75, 3.05) is 18.5 Å². The molecule has 0 radical (unpaired) electrons. The molecular weight excluding hydrogens is 418 g/mol. The second kappa shape index (κ2) is 9.99. The van der Waals surface area contributed by atoms with Crippen molar-refractivity contribution in [3.05, 3.63) is 89.5 Å². The number of carbonyl (C=O) groups excluding carboxylic acids is 1. The number of nitrogens with one attached hydrogen (secondary N) is 2. The van der Waals surface area contributed by atoms with E-state index in [9.17, 15) is 4.79 Å². The first-order valence-electron chi connectivity index (χ1n) is 10.4. The van der Waals surface area contributed by atoms with Crippen LogP contribution in [0.15, 0.2) is 72.8 Å². The number of amides is 1. The Balaban J connectivity index is 1.25. The smallest absolute Gasteiger partial charge is 0.407 e. The van der Waals surface area contributed by atoms with Crippen molar-refractivity contribution in [3.8, 4) is 23.0 Å². The van der Waals surface area contributed by atoms with Gasteiger partial charge in [-0.05, 0) is 58.7 Å². The largest absolute Gasteiger partial charge is 0.449 e. The van der Waals surface area contributed by atoms with Crippen LogP contribution in [0.5, 0.6) is 0 Å². The molecular formula is C26H23N3O2S. The third-order valence-corrected chi connectivity index (χ3v) is 5.35. The Kier molecular flexibility index (Phi) is 6.69. The van der Waals surface area contributed by atoms with Crippen LogP contribution in [0, 0.1) is 11.8 Å². The van der Waals surface area contributed by atoms with Gasteiger partial charge in [-0.3, -0.25) is 0 Å². The number of alkyl carbamates (subject to hydrolysis) is 1. The zero-order chi connectivity index (χ0) is 22.3. The summed E-state index contributed by atoms with van der Waals surface area (Å²) in [7, 11) is 0. The lowest BCUT2D eigenvalue weighted by Gasteiger charge is -2.14. The van der Waals surface area contributed by atoms with E-state index in [1.54, 1.807) is 0 Å². The zero-order valence-electron chi connectivity index (χ0n) is 17.4. The number of anilines is 1. The average molecular weight is 442 g/mol. The van der Waals surface area contributed by atoms with Crippen LogP contribution in [0.25, 0.3) is 11.1 Å². The highest BCUT2D eigenvalue weighted by Gasteiger charge is 2.28. The van der Waals surface area contributed by atoms with Gasteiger partial charge >= 0.3 is 6.09 Å². The van der Waals surface area contributed by atoms with E-state index in [4.69, 9.17) is 22.7 Å². The Morgan fingerprint density at radius 1 is 0.969 bits per heavy atom. The number of thiocarbonyl (C=S) groups is 1. The first kappa shape index (κ1) is 21.4. The van der Waals surface area contributed by atoms with E-state index in [0.29, 0.717) is 19.6 Å². The van der Waals surface area contributed by atoms with Gasteiger partial charge in [-0.25, -0.2) is 4.79 Å². The zero-order valence-corrected chi connectivity index (χ0v) is 18.2. The second-order valence-corrected chi connectivity index (χ2v) is 7.81. The predicted octanol–water partition coefficient (Wildman–Crippen LogP) is 4.62. The Morgan fingerprint density at radius 3 is 2.22 bits per heavy atom. The van der Waals surface area contributed by atoms with E-state index < -0.39 is 6.09 Å². The minimum atomic E-state index is -0.429. The molecule has 4 N–H and O–H groups in total. The summed E-state index contributed by atoms with van der Waals surface area (Å²) < 4.78 is 5.52. The number of ether oxygens (including phenoxy) is 1. The van der Waals surface area contributed by atoms with Crippen LogP contribution < -0.4 is 16.4 Å². The maximum atomic E-state index is 12.2. The van der Waals surface area contributed by atoms with Crippen molar-refractivity contribution in [2.24, 2.45) is 5.73 Å². The maximum absolute atomic E-state index is 12.2. The molecule has 0 aliphatic heterocycles. The van der Waals surface area contributed by atoms with E-state index in [1.165, 1.54) is 22.3 Å². The number of hydrogen-bond acceptors (Lipinski definition) is 3. The fourth-order valence-electron chi connectivity index (χ4n) is 3.82. The van der Waals surface area contributed by atoms with Crippen molar-refractivity contribution in [2.45, 2.75) is 12.3 Å². The molecule has 1 aliphatic rings. The molecule has 6 heteroatoms. The quantitative estimate of drug-likeness (QED) is 0.306. The highest BCUT2D eigenvalue weighted by Crippen LogP contribution is 2.44. The number of benzene rings is 3. The number of hydrogen-bond donors (Lipinski definition) is 3. The Hall–Kier alpha value is -3.82. The topological polar surface area (TPSA) is 76.4 Å². The van der Waals surface area contributed by atoms with Gasteiger partial charge in [0.1, 0.15) is 6.61 Å². The third kappa shape index (κ3) is 5.08. The van der Waals surface area contributed by atoms with Gasteiger partial charge in [0.2, 0.25) is 0 Å². The molecule has 0 fully saturated rings. The van der Waals surface area contributed by atoms with Crippen molar-refractivity contribution in [1.82, 2.24) is 5.32 Å². The standard InChI is InChI=1S/C26H23N3O2S/c27-25(32)29-19-14-12-18(13-15-19)7-5-6-16-28-26(30)31-17-24-22-10-3-1-8-20(22)21-9-2-4-11-23(21)24/h1-4,8-15,24H,6,16-17H2,(H,28,30)(H3,27,29,32). The van der Waals surface area contributed by atoms with Gasteiger partial charge in [-0.1, -0.05) is 60.4 Å². The van der Waals surface area contributed by atoms with Crippen LogP contribution in [0.3, 0.4) is 0 Å². The lowest BCUT2D eigenvalue weighted by Crippen LogP contribution is -2.26. The Labute approximate surface area is 193 Å². The summed E-state index contributed by atoms with van der Waals surface area (Å²) in [6, 6.07) is 24.0. The molecule has 5 nitrogen and oxygen atoms in total. The van der Waals surface area contributed by atoms with E-state index in [0.717, 1.165) is 11.3 Å². The minimum absolute atomic E-state index is 0.0547. The van der Waals surface area contributed by atoms with Gasteiger partial charge in [-0.15, -0.1) is 0 Å². The molecule has 0 spiro atoms. The number of fused-ring (bicyclic) bond motifs is 3. The number of carbonyl (C=O) groups is 1. The molecule has 0 aromatic heterocycles. The number of nitrogens with two attached hydrogens (primary N) is 1. The van der Waals surface area contributed by atoms with Crippen LogP contribution in [0.4, 0.5) is 10.5 Å². The molecule has 1 amide bonds. The van der Waals surface area contributed by atoms with E-state index in [1.807, 2.05) is 48.5 Å². The monoisotopic (exact) mass is 441 g/mol. The van der Waals surface area contributed by atoms with Crippen molar-refractivity contribution < 1.29 is 9.53 Å². The van der Waals surface area contributed by atoms with Gasteiger partial charge < -0.3 is 21.1 Å². The lowest BCUT2D eigenvalue weighted by molar-refractivity contribution is 0.143. The van der Waals surface area contributed by atoms with Crippen LogP contribution in [-0.2, 0) is 4.74 Å². The first-order chi connectivity index (χ1) is 15.6. The molecule has 0 bridgehead atoms.